The maximum absolute atomic E-state index is 5.79. The number of fused-ring (bicyclic) bond motifs is 1. The molecule has 2 aromatic rings. The third-order valence-corrected chi connectivity index (χ3v) is 4.72. The largest absolute Gasteiger partial charge is 0.379 e. The molecule has 2 aromatic carbocycles. The molecule has 146 valence electrons. The number of ether oxygens (including phenoxy) is 2. The number of hydrogen-bond donors (Lipinski definition) is 2. The van der Waals surface area contributed by atoms with Gasteiger partial charge in [0, 0.05) is 32.8 Å². The van der Waals surface area contributed by atoms with Gasteiger partial charge in [-0.2, -0.15) is 0 Å². The Hall–Kier alpha value is -2.11. The lowest BCUT2D eigenvalue weighted by Crippen LogP contribution is -2.38. The van der Waals surface area contributed by atoms with Crippen molar-refractivity contribution in [2.24, 2.45) is 4.99 Å². The van der Waals surface area contributed by atoms with Gasteiger partial charge >= 0.3 is 0 Å². The highest BCUT2D eigenvalue weighted by Gasteiger charge is 2.15. The lowest BCUT2D eigenvalue weighted by atomic mass is 10.0. The van der Waals surface area contributed by atoms with Crippen LogP contribution >= 0.6 is 0 Å². The molecule has 0 radical (unpaired) electrons. The van der Waals surface area contributed by atoms with Gasteiger partial charge in [-0.05, 0) is 42.5 Å². The topological polar surface area (TPSA) is 54.9 Å². The smallest absolute Gasteiger partial charge is 0.191 e. The normalized spacial score (nSPS) is 17.4. The number of hydrogen-bond acceptors (Lipinski definition) is 3. The van der Waals surface area contributed by atoms with Crippen LogP contribution in [-0.4, -0.2) is 51.5 Å². The van der Waals surface area contributed by atoms with E-state index in [9.17, 15) is 0 Å². The number of nitrogens with one attached hydrogen (secondary N) is 2. The molecule has 0 amide bonds. The monoisotopic (exact) mass is 369 g/mol. The van der Waals surface area contributed by atoms with Gasteiger partial charge in [-0.3, -0.25) is 4.99 Å². The van der Waals surface area contributed by atoms with Crippen molar-refractivity contribution < 1.29 is 9.47 Å². The Morgan fingerprint density at radius 3 is 2.93 bits per heavy atom. The molecule has 1 heterocycles. The SMILES string of the molecule is CCNC(=NCCCOC1CCOC1)NCCc1cccc2ccccc12. The molecule has 1 aliphatic rings. The highest BCUT2D eigenvalue weighted by Crippen LogP contribution is 2.18. The molecule has 2 N–H and O–H groups in total. The second-order valence-electron chi connectivity index (χ2n) is 6.79. The molecule has 0 aliphatic carbocycles. The summed E-state index contributed by atoms with van der Waals surface area (Å²) in [4.78, 5) is 4.65. The van der Waals surface area contributed by atoms with Crippen LogP contribution in [0, 0.1) is 0 Å². The van der Waals surface area contributed by atoms with Crippen LogP contribution in [0.3, 0.4) is 0 Å². The highest BCUT2D eigenvalue weighted by molar-refractivity contribution is 5.85. The van der Waals surface area contributed by atoms with Crippen molar-refractivity contribution in [1.82, 2.24) is 10.6 Å². The first-order chi connectivity index (χ1) is 13.4. The molecule has 3 rings (SSSR count). The van der Waals surface area contributed by atoms with Crippen molar-refractivity contribution in [3.8, 4) is 0 Å². The van der Waals surface area contributed by atoms with Crippen LogP contribution in [0.25, 0.3) is 10.8 Å². The summed E-state index contributed by atoms with van der Waals surface area (Å²) in [5.74, 6) is 0.877. The molecule has 1 atom stereocenters. The lowest BCUT2D eigenvalue weighted by molar-refractivity contribution is 0.0424. The van der Waals surface area contributed by atoms with Crippen LogP contribution in [-0.2, 0) is 15.9 Å². The van der Waals surface area contributed by atoms with Gasteiger partial charge in [0.2, 0.25) is 0 Å². The van der Waals surface area contributed by atoms with Gasteiger partial charge in [0.05, 0.1) is 12.7 Å². The minimum atomic E-state index is 0.279. The van der Waals surface area contributed by atoms with Gasteiger partial charge in [0.1, 0.15) is 0 Å². The molecule has 27 heavy (non-hydrogen) atoms. The zero-order valence-corrected chi connectivity index (χ0v) is 16.2. The van der Waals surface area contributed by atoms with E-state index in [1.165, 1.54) is 16.3 Å². The summed E-state index contributed by atoms with van der Waals surface area (Å²) in [5, 5.41) is 9.39. The molecule has 0 spiro atoms. The molecule has 1 saturated heterocycles. The lowest BCUT2D eigenvalue weighted by Gasteiger charge is -2.13. The van der Waals surface area contributed by atoms with Crippen LogP contribution in [0.2, 0.25) is 0 Å². The molecular formula is C22H31N3O2. The number of nitrogens with zero attached hydrogens (tertiary/aromatic N) is 1. The number of guanidine groups is 1. The molecule has 5 heteroatoms. The average Bonchev–Trinajstić information content (AvgIpc) is 3.21. The first kappa shape index (κ1) is 19.6. The summed E-state index contributed by atoms with van der Waals surface area (Å²) in [5.41, 5.74) is 1.36. The van der Waals surface area contributed by atoms with Crippen LogP contribution in [0.5, 0.6) is 0 Å². The van der Waals surface area contributed by atoms with Gasteiger partial charge in [-0.25, -0.2) is 0 Å². The van der Waals surface area contributed by atoms with Crippen molar-refractivity contribution in [3.63, 3.8) is 0 Å². The summed E-state index contributed by atoms with van der Waals surface area (Å²) in [6, 6.07) is 15.0. The first-order valence-electron chi connectivity index (χ1n) is 10.0. The Morgan fingerprint density at radius 1 is 1.19 bits per heavy atom. The Labute approximate surface area is 162 Å². The molecule has 1 aliphatic heterocycles. The molecule has 1 fully saturated rings. The fourth-order valence-corrected chi connectivity index (χ4v) is 3.32. The van der Waals surface area contributed by atoms with Gasteiger partial charge in [0.25, 0.3) is 0 Å². The van der Waals surface area contributed by atoms with Crippen molar-refractivity contribution in [2.75, 3.05) is 39.5 Å². The fraction of sp³-hybridized carbons (Fsp3) is 0.500. The molecular weight excluding hydrogens is 338 g/mol. The van der Waals surface area contributed by atoms with E-state index >= 15 is 0 Å². The quantitative estimate of drug-likeness (QED) is 0.405. The number of aliphatic imine (C=N–C) groups is 1. The molecule has 0 bridgehead atoms. The number of rotatable bonds is 9. The summed E-state index contributed by atoms with van der Waals surface area (Å²) in [7, 11) is 0. The second kappa shape index (κ2) is 10.9. The predicted octanol–water partition coefficient (Wildman–Crippen LogP) is 3.13. The van der Waals surface area contributed by atoms with E-state index in [4.69, 9.17) is 9.47 Å². The van der Waals surface area contributed by atoms with Gasteiger partial charge in [0.15, 0.2) is 5.96 Å². The molecule has 0 saturated carbocycles. The van der Waals surface area contributed by atoms with Crippen LogP contribution < -0.4 is 10.6 Å². The fourth-order valence-electron chi connectivity index (χ4n) is 3.32. The Kier molecular flexibility index (Phi) is 7.93. The predicted molar refractivity (Wildman–Crippen MR) is 111 cm³/mol. The molecule has 5 nitrogen and oxygen atoms in total. The minimum absolute atomic E-state index is 0.279. The van der Waals surface area contributed by atoms with Crippen LogP contribution in [0.4, 0.5) is 0 Å². The highest BCUT2D eigenvalue weighted by atomic mass is 16.5. The van der Waals surface area contributed by atoms with Crippen molar-refractivity contribution in [1.29, 1.82) is 0 Å². The van der Waals surface area contributed by atoms with Gasteiger partial charge in [-0.15, -0.1) is 0 Å². The minimum Gasteiger partial charge on any atom is -0.379 e. The summed E-state index contributed by atoms with van der Waals surface area (Å²) < 4.78 is 11.1. The van der Waals surface area contributed by atoms with E-state index in [0.29, 0.717) is 0 Å². The molecule has 1 unspecified atom stereocenters. The maximum Gasteiger partial charge on any atom is 0.191 e. The van der Waals surface area contributed by atoms with E-state index in [1.807, 2.05) is 0 Å². The van der Waals surface area contributed by atoms with Gasteiger partial charge in [-0.1, -0.05) is 42.5 Å². The maximum atomic E-state index is 5.79. The zero-order valence-electron chi connectivity index (χ0n) is 16.2. The third kappa shape index (κ3) is 6.22. The summed E-state index contributed by atoms with van der Waals surface area (Å²) in [6.45, 7) is 6.87. The van der Waals surface area contributed by atoms with Crippen molar-refractivity contribution >= 4 is 16.7 Å². The standard InChI is InChI=1S/C22H31N3O2/c1-2-23-22(24-13-6-15-27-20-12-16-26-17-20)25-14-11-19-9-5-8-18-7-3-4-10-21(18)19/h3-5,7-10,20H,2,6,11-17H2,1H3,(H2,23,24,25). The number of benzene rings is 2. The zero-order chi connectivity index (χ0) is 18.7. The third-order valence-electron chi connectivity index (χ3n) is 4.72. The van der Waals surface area contributed by atoms with E-state index < -0.39 is 0 Å². The summed E-state index contributed by atoms with van der Waals surface area (Å²) in [6.07, 6.45) is 3.19. The van der Waals surface area contributed by atoms with E-state index in [0.717, 1.165) is 64.7 Å². The van der Waals surface area contributed by atoms with Crippen molar-refractivity contribution in [3.05, 3.63) is 48.0 Å². The first-order valence-corrected chi connectivity index (χ1v) is 10.0. The van der Waals surface area contributed by atoms with Gasteiger partial charge < -0.3 is 20.1 Å². The average molecular weight is 370 g/mol. The molecule has 0 aromatic heterocycles. The van der Waals surface area contributed by atoms with E-state index in [-0.39, 0.29) is 6.10 Å². The van der Waals surface area contributed by atoms with Crippen LogP contribution in [0.15, 0.2) is 47.5 Å². The van der Waals surface area contributed by atoms with E-state index in [2.05, 4.69) is 65.0 Å². The Bertz CT molecular complexity index is 721. The second-order valence-corrected chi connectivity index (χ2v) is 6.79. The van der Waals surface area contributed by atoms with Crippen LogP contribution in [0.1, 0.15) is 25.3 Å². The summed E-state index contributed by atoms with van der Waals surface area (Å²) >= 11 is 0. The van der Waals surface area contributed by atoms with Crippen molar-refractivity contribution in [2.45, 2.75) is 32.3 Å². The Balaban J connectivity index is 1.43. The van der Waals surface area contributed by atoms with E-state index in [1.54, 1.807) is 0 Å². The Morgan fingerprint density at radius 2 is 2.07 bits per heavy atom.